The van der Waals surface area contributed by atoms with E-state index < -0.39 is 0 Å². The van der Waals surface area contributed by atoms with E-state index >= 15 is 0 Å². The third-order valence-corrected chi connectivity index (χ3v) is 4.42. The van der Waals surface area contributed by atoms with Gasteiger partial charge < -0.3 is 10.1 Å². The Morgan fingerprint density at radius 1 is 1.35 bits per heavy atom. The molecule has 0 fully saturated rings. The number of fused-ring (bicyclic) bond motifs is 1. The molecular weight excluding hydrogens is 286 g/mol. The van der Waals surface area contributed by atoms with Crippen molar-refractivity contribution in [3.05, 3.63) is 52.8 Å². The van der Waals surface area contributed by atoms with Crippen LogP contribution in [-0.2, 0) is 22.6 Å². The van der Waals surface area contributed by atoms with Gasteiger partial charge in [-0.3, -0.25) is 4.79 Å². The molecule has 1 N–H and O–H groups in total. The standard InChI is InChI=1S/C20H25NO2/c1-14(2)11-18-19(12-20(22)21-18)23-13-16-9-6-8-15-7-4-3-5-10-17(15)16/h5-6,8-10,12,14,18H,3-4,7,11,13H2,1-2H3,(H,21,22)/t18-/m0/s1. The number of benzene rings is 1. The second kappa shape index (κ2) is 7.03. The maximum Gasteiger partial charge on any atom is 0.248 e. The van der Waals surface area contributed by atoms with Crippen LogP contribution in [0.15, 0.2) is 36.1 Å². The molecule has 2 aliphatic rings. The van der Waals surface area contributed by atoms with E-state index in [2.05, 4.69) is 49.5 Å². The van der Waals surface area contributed by atoms with Gasteiger partial charge in [-0.2, -0.15) is 0 Å². The molecule has 0 saturated heterocycles. The van der Waals surface area contributed by atoms with E-state index in [0.717, 1.165) is 25.0 Å². The molecule has 1 aliphatic carbocycles. The van der Waals surface area contributed by atoms with E-state index in [9.17, 15) is 4.79 Å². The van der Waals surface area contributed by atoms with Crippen molar-refractivity contribution in [1.29, 1.82) is 0 Å². The lowest BCUT2D eigenvalue weighted by molar-refractivity contribution is -0.116. The quantitative estimate of drug-likeness (QED) is 0.893. The Kier molecular flexibility index (Phi) is 4.85. The summed E-state index contributed by atoms with van der Waals surface area (Å²) < 4.78 is 6.02. The van der Waals surface area contributed by atoms with Gasteiger partial charge in [0.2, 0.25) is 5.91 Å². The van der Waals surface area contributed by atoms with Crippen LogP contribution in [0.4, 0.5) is 0 Å². The van der Waals surface area contributed by atoms with Crippen LogP contribution in [0, 0.1) is 5.92 Å². The van der Waals surface area contributed by atoms with E-state index in [1.54, 1.807) is 6.08 Å². The Morgan fingerprint density at radius 2 is 2.22 bits per heavy atom. The van der Waals surface area contributed by atoms with Gasteiger partial charge in [-0.1, -0.05) is 44.2 Å². The first-order chi connectivity index (χ1) is 11.1. The molecule has 0 unspecified atom stereocenters. The normalized spacial score (nSPS) is 20.0. The van der Waals surface area contributed by atoms with Gasteiger partial charge in [0, 0.05) is 6.08 Å². The molecular formula is C20H25NO2. The minimum atomic E-state index is -0.0440. The van der Waals surface area contributed by atoms with Gasteiger partial charge in [-0.25, -0.2) is 0 Å². The molecule has 1 aromatic carbocycles. The Bertz CT molecular complexity index is 643. The zero-order valence-corrected chi connectivity index (χ0v) is 14.0. The minimum absolute atomic E-state index is 0.0142. The van der Waals surface area contributed by atoms with Crippen LogP contribution >= 0.6 is 0 Å². The van der Waals surface area contributed by atoms with Gasteiger partial charge in [0.15, 0.2) is 0 Å². The SMILES string of the molecule is CC(C)C[C@@H]1NC(=O)C=C1OCc1cccc2c1C=CCCC2. The van der Waals surface area contributed by atoms with E-state index in [-0.39, 0.29) is 11.9 Å². The van der Waals surface area contributed by atoms with E-state index in [1.165, 1.54) is 23.1 Å². The maximum absolute atomic E-state index is 11.7. The third kappa shape index (κ3) is 3.84. The summed E-state index contributed by atoms with van der Waals surface area (Å²) >= 11 is 0. The summed E-state index contributed by atoms with van der Waals surface area (Å²) in [4.78, 5) is 11.7. The second-order valence-corrected chi connectivity index (χ2v) is 6.81. The zero-order valence-electron chi connectivity index (χ0n) is 14.0. The highest BCUT2D eigenvalue weighted by Gasteiger charge is 2.26. The molecule has 23 heavy (non-hydrogen) atoms. The van der Waals surface area contributed by atoms with Crippen LogP contribution in [0.5, 0.6) is 0 Å². The number of carbonyl (C=O) groups excluding carboxylic acids is 1. The summed E-state index contributed by atoms with van der Waals surface area (Å²) in [7, 11) is 0. The number of nitrogens with one attached hydrogen (secondary N) is 1. The largest absolute Gasteiger partial charge is 0.491 e. The topological polar surface area (TPSA) is 38.3 Å². The molecule has 1 heterocycles. The van der Waals surface area contributed by atoms with Crippen molar-refractivity contribution in [2.45, 2.75) is 52.2 Å². The Hall–Kier alpha value is -2.03. The average molecular weight is 311 g/mol. The molecule has 3 rings (SSSR count). The first kappa shape index (κ1) is 15.9. The molecule has 3 nitrogen and oxygen atoms in total. The van der Waals surface area contributed by atoms with Crippen molar-refractivity contribution in [1.82, 2.24) is 5.32 Å². The van der Waals surface area contributed by atoms with Gasteiger partial charge in [0.25, 0.3) is 0 Å². The molecule has 1 aromatic rings. The summed E-state index contributed by atoms with van der Waals surface area (Å²) in [5, 5.41) is 2.97. The number of hydrogen-bond acceptors (Lipinski definition) is 2. The van der Waals surface area contributed by atoms with Gasteiger partial charge in [-0.15, -0.1) is 0 Å². The van der Waals surface area contributed by atoms with E-state index in [1.807, 2.05) is 0 Å². The molecule has 0 aromatic heterocycles. The van der Waals surface area contributed by atoms with Crippen LogP contribution in [0.2, 0.25) is 0 Å². The van der Waals surface area contributed by atoms with Crippen LogP contribution in [0.25, 0.3) is 6.08 Å². The minimum Gasteiger partial charge on any atom is -0.491 e. The number of rotatable bonds is 5. The molecule has 0 bridgehead atoms. The smallest absolute Gasteiger partial charge is 0.248 e. The van der Waals surface area contributed by atoms with Gasteiger partial charge in [0.05, 0.1) is 6.04 Å². The Labute approximate surface area is 138 Å². The molecule has 0 saturated carbocycles. The fourth-order valence-electron chi connectivity index (χ4n) is 3.30. The average Bonchev–Trinajstić information content (AvgIpc) is 2.72. The molecule has 122 valence electrons. The summed E-state index contributed by atoms with van der Waals surface area (Å²) in [6.07, 6.45) is 10.4. The lowest BCUT2D eigenvalue weighted by atomic mass is 9.99. The van der Waals surface area contributed by atoms with E-state index in [0.29, 0.717) is 12.5 Å². The first-order valence-electron chi connectivity index (χ1n) is 8.55. The third-order valence-electron chi connectivity index (χ3n) is 4.42. The van der Waals surface area contributed by atoms with Crippen LogP contribution in [0.3, 0.4) is 0 Å². The van der Waals surface area contributed by atoms with E-state index in [4.69, 9.17) is 4.74 Å². The summed E-state index contributed by atoms with van der Waals surface area (Å²) in [5.41, 5.74) is 3.89. The number of allylic oxidation sites excluding steroid dienone is 1. The van der Waals surface area contributed by atoms with Gasteiger partial charge in [0.1, 0.15) is 12.4 Å². The highest BCUT2D eigenvalue weighted by molar-refractivity contribution is 5.91. The zero-order chi connectivity index (χ0) is 16.2. The summed E-state index contributed by atoms with van der Waals surface area (Å²) in [5.74, 6) is 1.25. The molecule has 1 atom stereocenters. The number of aryl methyl sites for hydroxylation is 1. The van der Waals surface area contributed by atoms with Crippen molar-refractivity contribution in [3.63, 3.8) is 0 Å². The van der Waals surface area contributed by atoms with Crippen LogP contribution in [0.1, 0.15) is 49.8 Å². The molecule has 0 spiro atoms. The fourth-order valence-corrected chi connectivity index (χ4v) is 3.30. The van der Waals surface area contributed by atoms with Crippen molar-refractivity contribution in [2.75, 3.05) is 0 Å². The number of hydrogen-bond donors (Lipinski definition) is 1. The number of carbonyl (C=O) groups is 1. The maximum atomic E-state index is 11.7. The van der Waals surface area contributed by atoms with Crippen molar-refractivity contribution in [3.8, 4) is 0 Å². The summed E-state index contributed by atoms with van der Waals surface area (Å²) in [6, 6.07) is 6.45. The van der Waals surface area contributed by atoms with Crippen molar-refractivity contribution >= 4 is 12.0 Å². The second-order valence-electron chi connectivity index (χ2n) is 6.81. The predicted octanol–water partition coefficient (Wildman–Crippen LogP) is 3.98. The Balaban J connectivity index is 1.73. The summed E-state index contributed by atoms with van der Waals surface area (Å²) in [6.45, 7) is 4.83. The molecule has 0 radical (unpaired) electrons. The van der Waals surface area contributed by atoms with Gasteiger partial charge in [-0.05, 0) is 48.3 Å². The highest BCUT2D eigenvalue weighted by atomic mass is 16.5. The van der Waals surface area contributed by atoms with Crippen LogP contribution in [-0.4, -0.2) is 11.9 Å². The predicted molar refractivity (Wildman–Crippen MR) is 92.7 cm³/mol. The van der Waals surface area contributed by atoms with Crippen molar-refractivity contribution in [2.24, 2.45) is 5.92 Å². The van der Waals surface area contributed by atoms with Crippen LogP contribution < -0.4 is 5.32 Å². The lowest BCUT2D eigenvalue weighted by Crippen LogP contribution is -2.30. The van der Waals surface area contributed by atoms with Crippen molar-refractivity contribution < 1.29 is 9.53 Å². The molecule has 1 aliphatic heterocycles. The fraction of sp³-hybridized carbons (Fsp3) is 0.450. The lowest BCUT2D eigenvalue weighted by Gasteiger charge is -2.19. The molecule has 1 amide bonds. The van der Waals surface area contributed by atoms with Gasteiger partial charge >= 0.3 is 0 Å². The Morgan fingerprint density at radius 3 is 3.04 bits per heavy atom. The monoisotopic (exact) mass is 311 g/mol. The number of amides is 1. The first-order valence-corrected chi connectivity index (χ1v) is 8.55. The highest BCUT2D eigenvalue weighted by Crippen LogP contribution is 2.25. The molecule has 3 heteroatoms. The number of ether oxygens (including phenoxy) is 1.